The Morgan fingerprint density at radius 1 is 1.19 bits per heavy atom. The molecule has 0 saturated heterocycles. The van der Waals surface area contributed by atoms with Crippen molar-refractivity contribution in [1.29, 1.82) is 0 Å². The van der Waals surface area contributed by atoms with Gasteiger partial charge in [0.15, 0.2) is 5.78 Å². The van der Waals surface area contributed by atoms with Crippen LogP contribution in [0.1, 0.15) is 71.2 Å². The minimum atomic E-state index is -0.382. The molecule has 0 saturated carbocycles. The molecule has 1 aromatic carbocycles. The highest BCUT2D eigenvalue weighted by Gasteiger charge is 2.30. The molecular weight excluding hydrogens is 463 g/mol. The number of carbonyl (C=O) groups excluding carboxylic acids is 1. The van der Waals surface area contributed by atoms with E-state index in [0.29, 0.717) is 23.7 Å². The molecule has 5 heteroatoms. The lowest BCUT2D eigenvalue weighted by atomic mass is 9.81. The molecule has 0 spiro atoms. The number of Topliss-reactive ketones (excluding diaryl/α,β-unsaturated/α-hetero) is 1. The number of halogens is 1. The molecule has 0 aliphatic carbocycles. The Kier molecular flexibility index (Phi) is 9.85. The number of ether oxygens (including phenoxy) is 1. The van der Waals surface area contributed by atoms with Crippen LogP contribution in [0.15, 0.2) is 65.9 Å². The third-order valence-electron chi connectivity index (χ3n) is 7.65. The summed E-state index contributed by atoms with van der Waals surface area (Å²) in [5.74, 6) is 0.490. The predicted octanol–water partition coefficient (Wildman–Crippen LogP) is 7.84. The van der Waals surface area contributed by atoms with E-state index < -0.39 is 0 Å². The standard InChI is InChI=1S/C32H41FN2O2/c1-8-20(5)22(7)28(14-13-27(21(6)9-2)29-18-34-35-30(29)11-4)26(10-3)32(36)24-16-23-17-25(33)12-15-31(23)37-19-24/h10,12-15,17-18,20-21,24H,7-9,11,16,19H2,1-6H3,(H,34,35)/b26-10+,27-13+,28-14+. The van der Waals surface area contributed by atoms with E-state index in [9.17, 15) is 9.18 Å². The number of carbonyl (C=O) groups is 1. The van der Waals surface area contributed by atoms with Crippen LogP contribution >= 0.6 is 0 Å². The zero-order valence-corrected chi connectivity index (χ0v) is 23.2. The molecule has 0 bridgehead atoms. The summed E-state index contributed by atoms with van der Waals surface area (Å²) < 4.78 is 19.7. The van der Waals surface area contributed by atoms with E-state index in [1.165, 1.54) is 17.7 Å². The summed E-state index contributed by atoms with van der Waals surface area (Å²) in [4.78, 5) is 13.9. The summed E-state index contributed by atoms with van der Waals surface area (Å²) in [6.07, 6.45) is 11.2. The molecule has 3 rings (SSSR count). The normalized spacial score (nSPS) is 18.1. The Morgan fingerprint density at radius 2 is 1.92 bits per heavy atom. The first-order valence-electron chi connectivity index (χ1n) is 13.5. The fourth-order valence-corrected chi connectivity index (χ4v) is 4.81. The summed E-state index contributed by atoms with van der Waals surface area (Å²) in [6.45, 7) is 17.4. The number of hydrogen-bond donors (Lipinski definition) is 1. The number of nitrogens with zero attached hydrogens (tertiary/aromatic N) is 1. The number of aryl methyl sites for hydroxylation is 1. The first kappa shape index (κ1) is 28.4. The number of H-pyrrole nitrogens is 1. The monoisotopic (exact) mass is 504 g/mol. The largest absolute Gasteiger partial charge is 0.493 e. The number of fused-ring (bicyclic) bond motifs is 1. The van der Waals surface area contributed by atoms with Gasteiger partial charge in [-0.25, -0.2) is 4.39 Å². The maximum absolute atomic E-state index is 13.9. The van der Waals surface area contributed by atoms with Gasteiger partial charge in [-0.05, 0) is 84.9 Å². The molecule has 0 amide bonds. The smallest absolute Gasteiger partial charge is 0.169 e. The summed E-state index contributed by atoms with van der Waals surface area (Å²) in [5, 5.41) is 7.41. The number of allylic oxidation sites excluding steroid dienone is 7. The fourth-order valence-electron chi connectivity index (χ4n) is 4.81. The lowest BCUT2D eigenvalue weighted by Crippen LogP contribution is -2.30. The van der Waals surface area contributed by atoms with Gasteiger partial charge < -0.3 is 4.74 Å². The highest BCUT2D eigenvalue weighted by molar-refractivity contribution is 6.02. The number of rotatable bonds is 11. The molecule has 198 valence electrons. The van der Waals surface area contributed by atoms with E-state index in [4.69, 9.17) is 4.74 Å². The Morgan fingerprint density at radius 3 is 2.57 bits per heavy atom. The van der Waals surface area contributed by atoms with Crippen molar-refractivity contribution < 1.29 is 13.9 Å². The Hall–Kier alpha value is -3.21. The van der Waals surface area contributed by atoms with Crippen molar-refractivity contribution in [1.82, 2.24) is 10.2 Å². The third-order valence-corrected chi connectivity index (χ3v) is 7.65. The molecule has 4 nitrogen and oxygen atoms in total. The zero-order chi connectivity index (χ0) is 27.1. The third kappa shape index (κ3) is 6.38. The lowest BCUT2D eigenvalue weighted by molar-refractivity contribution is -0.120. The van der Waals surface area contributed by atoms with Crippen LogP contribution in [0.5, 0.6) is 5.75 Å². The molecule has 1 aromatic heterocycles. The molecule has 0 fully saturated rings. The topological polar surface area (TPSA) is 55.0 Å². The average Bonchev–Trinajstić information content (AvgIpc) is 3.39. The van der Waals surface area contributed by atoms with Crippen LogP contribution in [-0.2, 0) is 17.6 Å². The quantitative estimate of drug-likeness (QED) is 0.250. The van der Waals surface area contributed by atoms with Crippen molar-refractivity contribution in [2.24, 2.45) is 17.8 Å². The SMILES string of the molecule is C=C(C(=C\C=C(\c1cn[nH]c1CC)C(C)CC)/C(=C\C)C(=O)C1COc2ccc(F)cc2C1)C(C)CC. The van der Waals surface area contributed by atoms with Gasteiger partial charge >= 0.3 is 0 Å². The lowest BCUT2D eigenvalue weighted by Gasteiger charge is -2.27. The van der Waals surface area contributed by atoms with Crippen LogP contribution in [0, 0.1) is 23.6 Å². The second-order valence-corrected chi connectivity index (χ2v) is 9.99. The minimum Gasteiger partial charge on any atom is -0.493 e. The number of aromatic nitrogens is 2. The molecule has 37 heavy (non-hydrogen) atoms. The van der Waals surface area contributed by atoms with Gasteiger partial charge in [0, 0.05) is 16.8 Å². The molecule has 1 aliphatic heterocycles. The van der Waals surface area contributed by atoms with Crippen molar-refractivity contribution in [3.63, 3.8) is 0 Å². The molecule has 1 aliphatic rings. The minimum absolute atomic E-state index is 0.00385. The highest BCUT2D eigenvalue weighted by Crippen LogP contribution is 2.35. The van der Waals surface area contributed by atoms with E-state index in [2.05, 4.69) is 63.5 Å². The summed E-state index contributed by atoms with van der Waals surface area (Å²) >= 11 is 0. The van der Waals surface area contributed by atoms with Crippen molar-refractivity contribution in [2.75, 3.05) is 6.61 Å². The fraction of sp³-hybridized carbons (Fsp3) is 0.438. The van der Waals surface area contributed by atoms with Gasteiger partial charge in [-0.3, -0.25) is 9.89 Å². The van der Waals surface area contributed by atoms with Gasteiger partial charge in [-0.2, -0.15) is 5.10 Å². The van der Waals surface area contributed by atoms with E-state index in [1.807, 2.05) is 19.2 Å². The Labute approximate surface area is 221 Å². The van der Waals surface area contributed by atoms with Gasteiger partial charge in [0.05, 0.1) is 18.7 Å². The van der Waals surface area contributed by atoms with Gasteiger partial charge in [-0.15, -0.1) is 0 Å². The molecule has 0 radical (unpaired) electrons. The van der Waals surface area contributed by atoms with Crippen molar-refractivity contribution >= 4 is 11.4 Å². The number of nitrogens with one attached hydrogen (secondary N) is 1. The van der Waals surface area contributed by atoms with Crippen molar-refractivity contribution in [3.05, 3.63) is 88.6 Å². The number of hydrogen-bond acceptors (Lipinski definition) is 3. The molecule has 3 atom stereocenters. The second-order valence-electron chi connectivity index (χ2n) is 9.99. The van der Waals surface area contributed by atoms with E-state index in [0.717, 1.165) is 47.2 Å². The van der Waals surface area contributed by atoms with Crippen LogP contribution in [0.2, 0.25) is 0 Å². The summed E-state index contributed by atoms with van der Waals surface area (Å²) in [6, 6.07) is 4.50. The summed E-state index contributed by atoms with van der Waals surface area (Å²) in [7, 11) is 0. The Balaban J connectivity index is 2.04. The average molecular weight is 505 g/mol. The number of benzene rings is 1. The van der Waals surface area contributed by atoms with E-state index in [-0.39, 0.29) is 30.0 Å². The van der Waals surface area contributed by atoms with Crippen LogP contribution < -0.4 is 4.74 Å². The van der Waals surface area contributed by atoms with E-state index in [1.54, 1.807) is 6.07 Å². The summed E-state index contributed by atoms with van der Waals surface area (Å²) in [5.41, 5.74) is 6.59. The van der Waals surface area contributed by atoms with E-state index >= 15 is 0 Å². The zero-order valence-electron chi connectivity index (χ0n) is 23.2. The Bertz CT molecular complexity index is 1220. The molecular formula is C32H41FN2O2. The van der Waals surface area contributed by atoms with Crippen molar-refractivity contribution in [2.45, 2.75) is 67.2 Å². The first-order chi connectivity index (χ1) is 17.7. The van der Waals surface area contributed by atoms with Gasteiger partial charge in [0.2, 0.25) is 0 Å². The number of aromatic amines is 1. The number of ketones is 1. The molecule has 1 N–H and O–H groups in total. The van der Waals surface area contributed by atoms with Crippen LogP contribution in [-0.4, -0.2) is 22.6 Å². The molecule has 2 aromatic rings. The molecule has 2 heterocycles. The predicted molar refractivity (Wildman–Crippen MR) is 150 cm³/mol. The molecule has 3 unspecified atom stereocenters. The van der Waals surface area contributed by atoms with Crippen LogP contribution in [0.4, 0.5) is 4.39 Å². The van der Waals surface area contributed by atoms with Gasteiger partial charge in [0.1, 0.15) is 11.6 Å². The highest BCUT2D eigenvalue weighted by atomic mass is 19.1. The van der Waals surface area contributed by atoms with Gasteiger partial charge in [-0.1, -0.05) is 59.4 Å². The van der Waals surface area contributed by atoms with Gasteiger partial charge in [0.25, 0.3) is 0 Å². The van der Waals surface area contributed by atoms with Crippen LogP contribution in [0.25, 0.3) is 5.57 Å². The maximum atomic E-state index is 13.9. The first-order valence-corrected chi connectivity index (χ1v) is 13.5. The maximum Gasteiger partial charge on any atom is 0.169 e. The van der Waals surface area contributed by atoms with Crippen LogP contribution in [0.3, 0.4) is 0 Å². The second kappa shape index (κ2) is 12.8. The van der Waals surface area contributed by atoms with Crippen molar-refractivity contribution in [3.8, 4) is 5.75 Å².